The Kier molecular flexibility index (Phi) is 5.94. The van der Waals surface area contributed by atoms with E-state index in [-0.39, 0.29) is 11.9 Å². The van der Waals surface area contributed by atoms with Crippen molar-refractivity contribution < 1.29 is 19.0 Å². The van der Waals surface area contributed by atoms with E-state index in [9.17, 15) is 14.3 Å². The average molecular weight is 378 g/mol. The zero-order chi connectivity index (χ0) is 19.6. The lowest BCUT2D eigenvalue weighted by Crippen LogP contribution is -2.44. The van der Waals surface area contributed by atoms with Crippen molar-refractivity contribution in [2.24, 2.45) is 5.92 Å². The number of anilines is 1. The number of aliphatic hydroxyl groups is 1. The number of ether oxygens (including phenoxy) is 1. The van der Waals surface area contributed by atoms with Gasteiger partial charge in [-0.05, 0) is 70.6 Å². The number of carbonyl (C=O) groups is 1. The number of carbonyl (C=O) groups excluding carboxylic acids is 1. The molecule has 1 N–H and O–H groups in total. The maximum Gasteiger partial charge on any atom is 0.410 e. The molecule has 1 fully saturated rings. The van der Waals surface area contributed by atoms with E-state index in [2.05, 4.69) is 4.90 Å². The SMILES string of the molecule is CC(C)(C)OC(=O)N1CCC(CN2CCC[C@H](O)c3cc(F)ccc32)CC1. The van der Waals surface area contributed by atoms with Crippen LogP contribution < -0.4 is 4.90 Å². The number of benzene rings is 1. The van der Waals surface area contributed by atoms with Crippen LogP contribution in [0.15, 0.2) is 18.2 Å². The minimum absolute atomic E-state index is 0.236. The van der Waals surface area contributed by atoms with E-state index in [4.69, 9.17) is 4.74 Å². The Morgan fingerprint density at radius 2 is 1.93 bits per heavy atom. The van der Waals surface area contributed by atoms with Gasteiger partial charge in [-0.25, -0.2) is 9.18 Å². The first-order chi connectivity index (χ1) is 12.7. The second-order valence-corrected chi connectivity index (χ2v) is 8.72. The van der Waals surface area contributed by atoms with Crippen molar-refractivity contribution >= 4 is 11.8 Å². The Morgan fingerprint density at radius 3 is 2.59 bits per heavy atom. The lowest BCUT2D eigenvalue weighted by molar-refractivity contribution is 0.0186. The first-order valence-electron chi connectivity index (χ1n) is 9.93. The molecule has 2 aliphatic rings. The summed E-state index contributed by atoms with van der Waals surface area (Å²) < 4.78 is 19.1. The molecule has 0 spiro atoms. The summed E-state index contributed by atoms with van der Waals surface area (Å²) in [7, 11) is 0. The lowest BCUT2D eigenvalue weighted by Gasteiger charge is -2.36. The third-order valence-electron chi connectivity index (χ3n) is 5.34. The van der Waals surface area contributed by atoms with Crippen LogP contribution in [0.25, 0.3) is 0 Å². The Hall–Kier alpha value is -1.82. The van der Waals surface area contributed by atoms with Crippen LogP contribution in [0, 0.1) is 11.7 Å². The van der Waals surface area contributed by atoms with Gasteiger partial charge in [0.1, 0.15) is 11.4 Å². The second-order valence-electron chi connectivity index (χ2n) is 8.72. The van der Waals surface area contributed by atoms with E-state index in [1.807, 2.05) is 20.8 Å². The van der Waals surface area contributed by atoms with Crippen LogP contribution in [-0.2, 0) is 4.74 Å². The molecule has 0 radical (unpaired) electrons. The molecular formula is C21H31FN2O3. The highest BCUT2D eigenvalue weighted by Gasteiger charge is 2.29. The molecule has 0 saturated carbocycles. The number of hydrogen-bond acceptors (Lipinski definition) is 4. The topological polar surface area (TPSA) is 53.0 Å². The van der Waals surface area contributed by atoms with Gasteiger partial charge in [0.05, 0.1) is 6.10 Å². The van der Waals surface area contributed by atoms with Crippen LogP contribution >= 0.6 is 0 Å². The zero-order valence-electron chi connectivity index (χ0n) is 16.6. The maximum absolute atomic E-state index is 13.6. The van der Waals surface area contributed by atoms with Gasteiger partial charge in [0.2, 0.25) is 0 Å². The summed E-state index contributed by atoms with van der Waals surface area (Å²) in [5.74, 6) is 0.164. The number of piperidine rings is 1. The standard InChI is InChI=1S/C21H31FN2O3/c1-21(2,3)27-20(26)23-11-8-15(9-12-23)14-24-10-4-5-19(25)17-13-16(22)6-7-18(17)24/h6-7,13,15,19,25H,4-5,8-12,14H2,1-3H3/t19-/m0/s1. The molecule has 2 heterocycles. The summed E-state index contributed by atoms with van der Waals surface area (Å²) in [4.78, 5) is 16.3. The highest BCUT2D eigenvalue weighted by Crippen LogP contribution is 2.34. The molecule has 27 heavy (non-hydrogen) atoms. The fourth-order valence-corrected chi connectivity index (χ4v) is 3.96. The van der Waals surface area contributed by atoms with Crippen LogP contribution in [0.1, 0.15) is 58.1 Å². The summed E-state index contributed by atoms with van der Waals surface area (Å²) in [6.45, 7) is 8.77. The van der Waals surface area contributed by atoms with Gasteiger partial charge in [0, 0.05) is 37.4 Å². The summed E-state index contributed by atoms with van der Waals surface area (Å²) in [6, 6.07) is 4.72. The van der Waals surface area contributed by atoms with E-state index >= 15 is 0 Å². The molecule has 0 unspecified atom stereocenters. The molecule has 3 rings (SSSR count). The van der Waals surface area contributed by atoms with E-state index in [0.717, 1.165) is 38.0 Å². The minimum Gasteiger partial charge on any atom is -0.444 e. The lowest BCUT2D eigenvalue weighted by atomic mass is 9.96. The smallest absolute Gasteiger partial charge is 0.410 e. The van der Waals surface area contributed by atoms with Crippen molar-refractivity contribution in [3.8, 4) is 0 Å². The summed E-state index contributed by atoms with van der Waals surface area (Å²) in [6.07, 6.45) is 2.55. The van der Waals surface area contributed by atoms with Crippen LogP contribution in [0.3, 0.4) is 0 Å². The van der Waals surface area contributed by atoms with Gasteiger partial charge in [0.15, 0.2) is 0 Å². The number of nitrogens with zero attached hydrogens (tertiary/aromatic N) is 2. The summed E-state index contributed by atoms with van der Waals surface area (Å²) in [5, 5.41) is 10.3. The highest BCUT2D eigenvalue weighted by atomic mass is 19.1. The summed E-state index contributed by atoms with van der Waals surface area (Å²) >= 11 is 0. The van der Waals surface area contributed by atoms with Crippen LogP contribution in [0.5, 0.6) is 0 Å². The number of aliphatic hydroxyl groups excluding tert-OH is 1. The van der Waals surface area contributed by atoms with E-state index < -0.39 is 11.7 Å². The Bertz CT molecular complexity index is 666. The van der Waals surface area contributed by atoms with Gasteiger partial charge < -0.3 is 19.6 Å². The Labute approximate surface area is 161 Å². The molecule has 1 aromatic rings. The maximum atomic E-state index is 13.6. The number of amides is 1. The first kappa shape index (κ1) is 19.9. The fourth-order valence-electron chi connectivity index (χ4n) is 3.96. The molecule has 5 nitrogen and oxygen atoms in total. The molecule has 0 aromatic heterocycles. The largest absolute Gasteiger partial charge is 0.444 e. The van der Waals surface area contributed by atoms with Crippen LogP contribution in [0.2, 0.25) is 0 Å². The number of likely N-dealkylation sites (tertiary alicyclic amines) is 1. The normalized spacial score (nSPS) is 21.6. The van der Waals surface area contributed by atoms with Crippen LogP contribution in [0.4, 0.5) is 14.9 Å². The second kappa shape index (κ2) is 8.05. The van der Waals surface area contributed by atoms with E-state index in [0.29, 0.717) is 31.0 Å². The quantitative estimate of drug-likeness (QED) is 0.842. The Morgan fingerprint density at radius 1 is 1.22 bits per heavy atom. The predicted octanol–water partition coefficient (Wildman–Crippen LogP) is 4.11. The molecule has 0 bridgehead atoms. The molecular weight excluding hydrogens is 347 g/mol. The van der Waals surface area contributed by atoms with Crippen molar-refractivity contribution in [3.63, 3.8) is 0 Å². The third-order valence-corrected chi connectivity index (χ3v) is 5.34. The van der Waals surface area contributed by atoms with Crippen molar-refractivity contribution in [3.05, 3.63) is 29.6 Å². The minimum atomic E-state index is -0.602. The molecule has 1 atom stereocenters. The monoisotopic (exact) mass is 378 g/mol. The van der Waals surface area contributed by atoms with E-state index in [1.165, 1.54) is 12.1 Å². The molecule has 1 saturated heterocycles. The third kappa shape index (κ3) is 5.12. The van der Waals surface area contributed by atoms with Gasteiger partial charge in [0.25, 0.3) is 0 Å². The van der Waals surface area contributed by atoms with Crippen LogP contribution in [-0.4, -0.2) is 47.9 Å². The van der Waals surface area contributed by atoms with E-state index in [1.54, 1.807) is 11.0 Å². The summed E-state index contributed by atoms with van der Waals surface area (Å²) in [5.41, 5.74) is 1.16. The van der Waals surface area contributed by atoms with Crippen molar-refractivity contribution in [2.75, 3.05) is 31.1 Å². The molecule has 1 aromatic carbocycles. The Balaban J connectivity index is 1.61. The van der Waals surface area contributed by atoms with Crippen molar-refractivity contribution in [1.29, 1.82) is 0 Å². The van der Waals surface area contributed by atoms with Gasteiger partial charge in [-0.2, -0.15) is 0 Å². The first-order valence-corrected chi connectivity index (χ1v) is 9.93. The number of fused-ring (bicyclic) bond motifs is 1. The number of hydrogen-bond donors (Lipinski definition) is 1. The molecule has 1 amide bonds. The molecule has 6 heteroatoms. The number of halogens is 1. The number of rotatable bonds is 2. The van der Waals surface area contributed by atoms with Crippen molar-refractivity contribution in [1.82, 2.24) is 4.90 Å². The zero-order valence-corrected chi connectivity index (χ0v) is 16.6. The molecule has 0 aliphatic carbocycles. The molecule has 150 valence electrons. The van der Waals surface area contributed by atoms with Gasteiger partial charge in [-0.15, -0.1) is 0 Å². The molecule has 2 aliphatic heterocycles. The van der Waals surface area contributed by atoms with Gasteiger partial charge in [-0.3, -0.25) is 0 Å². The van der Waals surface area contributed by atoms with Crippen molar-refractivity contribution in [2.45, 2.75) is 58.2 Å². The fraction of sp³-hybridized carbons (Fsp3) is 0.667. The predicted molar refractivity (Wildman–Crippen MR) is 103 cm³/mol. The highest BCUT2D eigenvalue weighted by molar-refractivity contribution is 5.68. The van der Waals surface area contributed by atoms with Gasteiger partial charge >= 0.3 is 6.09 Å². The van der Waals surface area contributed by atoms with Gasteiger partial charge in [-0.1, -0.05) is 0 Å². The average Bonchev–Trinajstić information content (AvgIpc) is 2.73.